The Balaban J connectivity index is 2.36. The molecule has 4 nitrogen and oxygen atoms in total. The van der Waals surface area contributed by atoms with Gasteiger partial charge in [-0.2, -0.15) is 13.2 Å². The summed E-state index contributed by atoms with van der Waals surface area (Å²) in [6, 6.07) is 6.13. The molecule has 0 saturated heterocycles. The van der Waals surface area contributed by atoms with Crippen LogP contribution in [-0.2, 0) is 6.18 Å². The molecular formula is C11H7ClF3N3O. The van der Waals surface area contributed by atoms with Crippen LogP contribution in [0.2, 0.25) is 5.02 Å². The molecule has 19 heavy (non-hydrogen) atoms. The molecule has 0 saturated carbocycles. The van der Waals surface area contributed by atoms with Crippen LogP contribution >= 0.6 is 11.6 Å². The van der Waals surface area contributed by atoms with Gasteiger partial charge in [-0.05, 0) is 24.3 Å². The van der Waals surface area contributed by atoms with Gasteiger partial charge in [-0.3, -0.25) is 20.0 Å². The Kier molecular flexibility index (Phi) is 3.48. The minimum atomic E-state index is -4.65. The Labute approximate surface area is 109 Å². The number of hydrogen-bond acceptors (Lipinski definition) is 2. The number of aromatic amines is 2. The summed E-state index contributed by atoms with van der Waals surface area (Å²) in [5.41, 5.74) is -2.22. The first kappa shape index (κ1) is 13.4. The summed E-state index contributed by atoms with van der Waals surface area (Å²) >= 11 is 5.66. The van der Waals surface area contributed by atoms with Crippen molar-refractivity contribution in [3.05, 3.63) is 50.9 Å². The van der Waals surface area contributed by atoms with E-state index in [1.54, 1.807) is 17.2 Å². The molecule has 0 unspecified atom stereocenters. The van der Waals surface area contributed by atoms with Gasteiger partial charge in [-0.15, -0.1) is 0 Å². The lowest BCUT2D eigenvalue weighted by atomic mass is 10.2. The average molecular weight is 290 g/mol. The van der Waals surface area contributed by atoms with Crippen molar-refractivity contribution in [3.63, 3.8) is 0 Å². The van der Waals surface area contributed by atoms with Crippen molar-refractivity contribution >= 4 is 23.5 Å². The van der Waals surface area contributed by atoms with Crippen LogP contribution in [0.15, 0.2) is 34.1 Å². The van der Waals surface area contributed by atoms with Crippen LogP contribution in [0.3, 0.4) is 0 Å². The summed E-state index contributed by atoms with van der Waals surface area (Å²) in [6.07, 6.45) is -3.79. The first-order valence-electron chi connectivity index (χ1n) is 5.05. The van der Waals surface area contributed by atoms with E-state index in [1.165, 1.54) is 12.1 Å². The predicted octanol–water partition coefficient (Wildman–Crippen LogP) is 3.13. The highest BCUT2D eigenvalue weighted by Crippen LogP contribution is 2.28. The number of rotatable bonds is 2. The molecule has 0 fully saturated rings. The zero-order valence-electron chi connectivity index (χ0n) is 9.25. The summed E-state index contributed by atoms with van der Waals surface area (Å²) in [7, 11) is 0. The Morgan fingerprint density at radius 3 is 2.37 bits per heavy atom. The van der Waals surface area contributed by atoms with E-state index in [-0.39, 0.29) is 0 Å². The van der Waals surface area contributed by atoms with Crippen LogP contribution in [0.25, 0.3) is 0 Å². The molecule has 2 rings (SSSR count). The minimum absolute atomic E-state index is 0.387. The van der Waals surface area contributed by atoms with E-state index in [0.717, 1.165) is 6.21 Å². The lowest BCUT2D eigenvalue weighted by Gasteiger charge is -2.03. The van der Waals surface area contributed by atoms with E-state index in [1.807, 2.05) is 5.10 Å². The number of halogens is 4. The van der Waals surface area contributed by atoms with Gasteiger partial charge in [-0.25, -0.2) is 0 Å². The third kappa shape index (κ3) is 3.05. The average Bonchev–Trinajstić information content (AvgIpc) is 2.70. The fraction of sp³-hybridized carbons (Fsp3) is 0.0909. The molecule has 2 aromatic rings. The van der Waals surface area contributed by atoms with Crippen molar-refractivity contribution in [2.45, 2.75) is 6.18 Å². The summed E-state index contributed by atoms with van der Waals surface area (Å²) in [5, 5.41) is 4.14. The molecule has 0 atom stereocenters. The number of aliphatic imine (C=N–C) groups is 1. The van der Waals surface area contributed by atoms with E-state index in [4.69, 9.17) is 11.6 Å². The molecule has 0 amide bonds. The highest BCUT2D eigenvalue weighted by atomic mass is 35.5. The first-order valence-corrected chi connectivity index (χ1v) is 5.43. The molecule has 1 aromatic carbocycles. The highest BCUT2D eigenvalue weighted by molar-refractivity contribution is 6.30. The third-order valence-electron chi connectivity index (χ3n) is 2.27. The zero-order valence-corrected chi connectivity index (χ0v) is 10.0. The molecule has 0 aliphatic carbocycles. The largest absolute Gasteiger partial charge is 0.433 e. The number of nitrogens with one attached hydrogen (secondary N) is 2. The monoisotopic (exact) mass is 289 g/mol. The summed E-state index contributed by atoms with van der Waals surface area (Å²) in [6.45, 7) is 0. The van der Waals surface area contributed by atoms with Gasteiger partial charge in [0.05, 0.1) is 11.3 Å². The number of aromatic nitrogens is 2. The quantitative estimate of drug-likeness (QED) is 0.820. The normalized spacial score (nSPS) is 12.2. The lowest BCUT2D eigenvalue weighted by Crippen LogP contribution is -2.12. The van der Waals surface area contributed by atoms with Crippen molar-refractivity contribution in [3.8, 4) is 0 Å². The summed E-state index contributed by atoms with van der Waals surface area (Å²) in [5.74, 6) is 0. The molecule has 8 heteroatoms. The van der Waals surface area contributed by atoms with Gasteiger partial charge in [0.2, 0.25) is 0 Å². The Hall–Kier alpha value is -2.02. The van der Waals surface area contributed by atoms with Gasteiger partial charge in [0.1, 0.15) is 0 Å². The highest BCUT2D eigenvalue weighted by Gasteiger charge is 2.36. The number of hydrogen-bond donors (Lipinski definition) is 2. The summed E-state index contributed by atoms with van der Waals surface area (Å²) < 4.78 is 37.7. The molecule has 2 N–H and O–H groups in total. The molecule has 0 bridgehead atoms. The maximum Gasteiger partial charge on any atom is 0.433 e. The van der Waals surface area contributed by atoms with Crippen LogP contribution in [0.4, 0.5) is 18.9 Å². The van der Waals surface area contributed by atoms with Gasteiger partial charge in [0.15, 0.2) is 5.69 Å². The van der Waals surface area contributed by atoms with Gasteiger partial charge >= 0.3 is 6.18 Å². The van der Waals surface area contributed by atoms with E-state index in [0.29, 0.717) is 10.7 Å². The number of benzene rings is 1. The zero-order chi connectivity index (χ0) is 14.0. The Morgan fingerprint density at radius 2 is 1.79 bits per heavy atom. The second-order valence-corrected chi connectivity index (χ2v) is 4.04. The summed E-state index contributed by atoms with van der Waals surface area (Å²) in [4.78, 5) is 15.1. The molecule has 1 aromatic heterocycles. The van der Waals surface area contributed by atoms with Crippen LogP contribution in [0, 0.1) is 0 Å². The lowest BCUT2D eigenvalue weighted by molar-refractivity contribution is -0.141. The van der Waals surface area contributed by atoms with Crippen molar-refractivity contribution in [2.24, 2.45) is 4.99 Å². The van der Waals surface area contributed by atoms with Crippen LogP contribution in [0.5, 0.6) is 0 Å². The van der Waals surface area contributed by atoms with Crippen molar-refractivity contribution in [1.82, 2.24) is 10.2 Å². The fourth-order valence-electron chi connectivity index (χ4n) is 1.38. The van der Waals surface area contributed by atoms with Crippen LogP contribution in [-0.4, -0.2) is 16.4 Å². The molecule has 0 spiro atoms. The van der Waals surface area contributed by atoms with Gasteiger partial charge in [0, 0.05) is 11.2 Å². The van der Waals surface area contributed by atoms with Crippen molar-refractivity contribution in [1.29, 1.82) is 0 Å². The second kappa shape index (κ2) is 4.93. The number of nitrogens with zero attached hydrogens (tertiary/aromatic N) is 1. The van der Waals surface area contributed by atoms with E-state index in [9.17, 15) is 18.0 Å². The fourth-order valence-corrected chi connectivity index (χ4v) is 1.51. The number of H-pyrrole nitrogens is 2. The molecule has 0 radical (unpaired) electrons. The Bertz CT molecular complexity index is 655. The van der Waals surface area contributed by atoms with E-state index < -0.39 is 23.0 Å². The topological polar surface area (TPSA) is 61.0 Å². The smallest absolute Gasteiger partial charge is 0.293 e. The molecule has 0 aliphatic heterocycles. The maximum absolute atomic E-state index is 12.6. The minimum Gasteiger partial charge on any atom is -0.293 e. The SMILES string of the molecule is O=c1[nH][nH]c(C(F)(F)F)c1C=Nc1ccc(Cl)cc1. The first-order chi connectivity index (χ1) is 8.88. The number of alkyl halides is 3. The van der Waals surface area contributed by atoms with Crippen molar-refractivity contribution < 1.29 is 13.2 Å². The van der Waals surface area contributed by atoms with Gasteiger partial charge in [-0.1, -0.05) is 11.6 Å². The molecular weight excluding hydrogens is 283 g/mol. The molecule has 1 heterocycles. The second-order valence-electron chi connectivity index (χ2n) is 3.60. The third-order valence-corrected chi connectivity index (χ3v) is 2.52. The van der Waals surface area contributed by atoms with Crippen molar-refractivity contribution in [2.75, 3.05) is 0 Å². The van der Waals surface area contributed by atoms with Gasteiger partial charge in [0.25, 0.3) is 5.56 Å². The maximum atomic E-state index is 12.6. The van der Waals surface area contributed by atoms with E-state index in [2.05, 4.69) is 4.99 Å². The van der Waals surface area contributed by atoms with Crippen LogP contribution in [0.1, 0.15) is 11.3 Å². The standard InChI is InChI=1S/C11H7ClF3N3O/c12-6-1-3-7(4-2-6)16-5-8-9(11(13,14)15)17-18-10(8)19/h1-5H,(H2,17,18,19). The van der Waals surface area contributed by atoms with Crippen LogP contribution < -0.4 is 5.56 Å². The predicted molar refractivity (Wildman–Crippen MR) is 65.1 cm³/mol. The van der Waals surface area contributed by atoms with E-state index >= 15 is 0 Å². The molecule has 0 aliphatic rings. The Morgan fingerprint density at radius 1 is 1.16 bits per heavy atom. The van der Waals surface area contributed by atoms with Gasteiger partial charge < -0.3 is 0 Å². The molecule has 100 valence electrons.